The molecule has 0 amide bonds. The van der Waals surface area contributed by atoms with E-state index in [-0.39, 0.29) is 16.6 Å². The number of nitrogens with one attached hydrogen (secondary N) is 1. The molecule has 0 saturated carbocycles. The number of aromatic nitrogens is 1. The smallest absolute Gasteiger partial charge is 0.170 e. The molecule has 2 nitrogen and oxygen atoms in total. The number of pyridine rings is 1. The van der Waals surface area contributed by atoms with Gasteiger partial charge in [0.25, 0.3) is 0 Å². The second kappa shape index (κ2) is 5.09. The van der Waals surface area contributed by atoms with Gasteiger partial charge in [-0.05, 0) is 6.07 Å². The zero-order chi connectivity index (χ0) is 15.0. The van der Waals surface area contributed by atoms with Crippen molar-refractivity contribution >= 4 is 16.6 Å². The second-order valence-electron chi connectivity index (χ2n) is 4.55. The highest BCUT2D eigenvalue weighted by molar-refractivity contribution is 5.94. The van der Waals surface area contributed by atoms with Crippen LogP contribution in [0.5, 0.6) is 0 Å². The van der Waals surface area contributed by atoms with Crippen molar-refractivity contribution in [3.8, 4) is 11.3 Å². The molecule has 0 unspecified atom stereocenters. The Bertz CT molecular complexity index is 817. The van der Waals surface area contributed by atoms with E-state index < -0.39 is 17.5 Å². The molecule has 0 saturated heterocycles. The lowest BCUT2D eigenvalue weighted by Crippen LogP contribution is -2.00. The molecule has 2 aromatic carbocycles. The average molecular weight is 288 g/mol. The second-order valence-corrected chi connectivity index (χ2v) is 4.55. The van der Waals surface area contributed by atoms with Crippen LogP contribution in [-0.2, 0) is 0 Å². The van der Waals surface area contributed by atoms with E-state index in [1.165, 1.54) is 0 Å². The predicted octanol–water partition coefficient (Wildman–Crippen LogP) is 4.36. The predicted molar refractivity (Wildman–Crippen MR) is 76.6 cm³/mol. The van der Waals surface area contributed by atoms with Gasteiger partial charge in [0.2, 0.25) is 0 Å². The number of hydrogen-bond donors (Lipinski definition) is 1. The van der Waals surface area contributed by atoms with Crippen LogP contribution in [0.2, 0.25) is 0 Å². The largest absolute Gasteiger partial charge is 0.387 e. The summed E-state index contributed by atoms with van der Waals surface area (Å²) in [4.78, 5) is 4.13. The molecule has 1 N–H and O–H groups in total. The maximum atomic E-state index is 13.9. The Morgan fingerprint density at radius 2 is 1.67 bits per heavy atom. The lowest BCUT2D eigenvalue weighted by molar-refractivity contribution is 0.505. The van der Waals surface area contributed by atoms with Crippen molar-refractivity contribution in [2.45, 2.75) is 0 Å². The van der Waals surface area contributed by atoms with Crippen molar-refractivity contribution in [2.24, 2.45) is 0 Å². The van der Waals surface area contributed by atoms with Crippen molar-refractivity contribution < 1.29 is 13.2 Å². The Kier molecular flexibility index (Phi) is 3.25. The number of rotatable bonds is 2. The van der Waals surface area contributed by atoms with E-state index >= 15 is 0 Å². The molecule has 0 radical (unpaired) electrons. The Morgan fingerprint density at radius 3 is 2.33 bits per heavy atom. The fraction of sp³-hybridized carbons (Fsp3) is 0.0625. The molecule has 1 aromatic heterocycles. The van der Waals surface area contributed by atoms with Gasteiger partial charge in [-0.25, -0.2) is 18.2 Å². The Balaban J connectivity index is 2.38. The molecule has 0 aliphatic heterocycles. The van der Waals surface area contributed by atoms with Gasteiger partial charge in [0.15, 0.2) is 17.5 Å². The van der Waals surface area contributed by atoms with Crippen LogP contribution in [0.15, 0.2) is 42.5 Å². The third kappa shape index (κ3) is 2.20. The highest BCUT2D eigenvalue weighted by atomic mass is 19.2. The summed E-state index contributed by atoms with van der Waals surface area (Å²) in [6, 6.07) is 11.2. The summed E-state index contributed by atoms with van der Waals surface area (Å²) in [5.74, 6) is -3.23. The summed E-state index contributed by atoms with van der Waals surface area (Å²) in [6.45, 7) is 0. The molecule has 3 rings (SSSR count). The highest BCUT2D eigenvalue weighted by Gasteiger charge is 2.18. The minimum absolute atomic E-state index is 0.185. The highest BCUT2D eigenvalue weighted by Crippen LogP contribution is 2.32. The summed E-state index contributed by atoms with van der Waals surface area (Å²) in [5.41, 5.74) is 1.34. The molecule has 21 heavy (non-hydrogen) atoms. The van der Waals surface area contributed by atoms with E-state index in [0.29, 0.717) is 11.8 Å². The first-order valence-corrected chi connectivity index (χ1v) is 6.33. The fourth-order valence-electron chi connectivity index (χ4n) is 2.26. The lowest BCUT2D eigenvalue weighted by Gasteiger charge is -2.11. The first kappa shape index (κ1) is 13.4. The number of hydrogen-bond acceptors (Lipinski definition) is 2. The quantitative estimate of drug-likeness (QED) is 0.709. The third-order valence-electron chi connectivity index (χ3n) is 3.27. The van der Waals surface area contributed by atoms with Crippen molar-refractivity contribution in [1.29, 1.82) is 0 Å². The van der Waals surface area contributed by atoms with Crippen LogP contribution in [0.3, 0.4) is 0 Å². The van der Waals surface area contributed by atoms with E-state index in [1.54, 1.807) is 13.1 Å². The number of halogens is 3. The molecule has 0 aliphatic rings. The van der Waals surface area contributed by atoms with E-state index in [9.17, 15) is 13.2 Å². The fourth-order valence-corrected chi connectivity index (χ4v) is 2.26. The summed E-state index contributed by atoms with van der Waals surface area (Å²) in [7, 11) is 1.56. The van der Waals surface area contributed by atoms with Crippen LogP contribution in [0, 0.1) is 17.5 Å². The van der Waals surface area contributed by atoms with Gasteiger partial charge in [-0.1, -0.05) is 30.3 Å². The standard InChI is InChI=1S/C16H11F3N2/c1-20-13-8-12(9-5-3-2-4-6-9)21-16-11(18)7-10(17)15(19)14(13)16/h2-8H,1H3,(H,20,21). The summed E-state index contributed by atoms with van der Waals surface area (Å²) in [6.07, 6.45) is 0. The lowest BCUT2D eigenvalue weighted by atomic mass is 10.1. The maximum Gasteiger partial charge on any atom is 0.170 e. The molecule has 3 aromatic rings. The third-order valence-corrected chi connectivity index (χ3v) is 3.27. The van der Waals surface area contributed by atoms with Crippen LogP contribution < -0.4 is 5.32 Å². The van der Waals surface area contributed by atoms with E-state index in [1.807, 2.05) is 30.3 Å². The van der Waals surface area contributed by atoms with Crippen LogP contribution in [0.1, 0.15) is 0 Å². The topological polar surface area (TPSA) is 24.9 Å². The van der Waals surface area contributed by atoms with Crippen molar-refractivity contribution in [3.05, 3.63) is 59.9 Å². The molecule has 0 spiro atoms. The maximum absolute atomic E-state index is 13.9. The monoisotopic (exact) mass is 288 g/mol. The number of nitrogens with zero attached hydrogens (tertiary/aromatic N) is 1. The number of anilines is 1. The van der Waals surface area contributed by atoms with Gasteiger partial charge < -0.3 is 5.32 Å². The van der Waals surface area contributed by atoms with Crippen molar-refractivity contribution in [2.75, 3.05) is 12.4 Å². The van der Waals surface area contributed by atoms with Crippen LogP contribution in [-0.4, -0.2) is 12.0 Å². The SMILES string of the molecule is CNc1cc(-c2ccccc2)nc2c(F)cc(F)c(F)c12. The Hall–Kier alpha value is -2.56. The molecule has 1 heterocycles. The van der Waals surface area contributed by atoms with Gasteiger partial charge in [-0.2, -0.15) is 0 Å². The van der Waals surface area contributed by atoms with Crippen LogP contribution >= 0.6 is 0 Å². The first-order chi connectivity index (χ1) is 10.1. The number of benzene rings is 2. The first-order valence-electron chi connectivity index (χ1n) is 6.33. The number of fused-ring (bicyclic) bond motifs is 1. The van der Waals surface area contributed by atoms with E-state index in [2.05, 4.69) is 10.3 Å². The zero-order valence-corrected chi connectivity index (χ0v) is 11.1. The van der Waals surface area contributed by atoms with Crippen LogP contribution in [0.25, 0.3) is 22.2 Å². The summed E-state index contributed by atoms with van der Waals surface area (Å²) < 4.78 is 41.3. The van der Waals surface area contributed by atoms with Crippen molar-refractivity contribution in [1.82, 2.24) is 4.98 Å². The summed E-state index contributed by atoms with van der Waals surface area (Å²) in [5, 5.41) is 2.58. The molecule has 0 fully saturated rings. The molecule has 5 heteroatoms. The molecule has 106 valence electrons. The normalized spacial score (nSPS) is 10.9. The van der Waals surface area contributed by atoms with Gasteiger partial charge in [0.05, 0.1) is 11.1 Å². The average Bonchev–Trinajstić information content (AvgIpc) is 2.52. The van der Waals surface area contributed by atoms with Crippen molar-refractivity contribution in [3.63, 3.8) is 0 Å². The van der Waals surface area contributed by atoms with Gasteiger partial charge in [0, 0.05) is 24.4 Å². The zero-order valence-electron chi connectivity index (χ0n) is 11.1. The minimum atomic E-state index is -1.23. The molecular weight excluding hydrogens is 277 g/mol. The molecule has 0 atom stereocenters. The molecule has 0 bridgehead atoms. The Morgan fingerprint density at radius 1 is 0.952 bits per heavy atom. The van der Waals surface area contributed by atoms with Gasteiger partial charge in [0.1, 0.15) is 5.52 Å². The molecular formula is C16H11F3N2. The molecule has 0 aliphatic carbocycles. The van der Waals surface area contributed by atoms with Gasteiger partial charge >= 0.3 is 0 Å². The van der Waals surface area contributed by atoms with Gasteiger partial charge in [-0.3, -0.25) is 0 Å². The van der Waals surface area contributed by atoms with E-state index in [0.717, 1.165) is 5.56 Å². The van der Waals surface area contributed by atoms with E-state index in [4.69, 9.17) is 0 Å². The minimum Gasteiger partial charge on any atom is -0.387 e. The summed E-state index contributed by atoms with van der Waals surface area (Å²) >= 11 is 0. The van der Waals surface area contributed by atoms with Gasteiger partial charge in [-0.15, -0.1) is 0 Å². The van der Waals surface area contributed by atoms with Crippen LogP contribution in [0.4, 0.5) is 18.9 Å². The Labute approximate surface area is 119 Å².